The van der Waals surface area contributed by atoms with Crippen molar-refractivity contribution in [2.45, 2.75) is 0 Å². The van der Waals surface area contributed by atoms with Gasteiger partial charge in [0.05, 0.1) is 30.8 Å². The van der Waals surface area contributed by atoms with Crippen molar-refractivity contribution in [1.29, 1.82) is 0 Å². The fourth-order valence-corrected chi connectivity index (χ4v) is 3.47. The predicted molar refractivity (Wildman–Crippen MR) is 76.5 cm³/mol. The second-order valence-electron chi connectivity index (χ2n) is 3.02. The predicted octanol–water partition coefficient (Wildman–Crippen LogP) is 3.38. The van der Waals surface area contributed by atoms with E-state index in [4.69, 9.17) is 4.74 Å². The van der Waals surface area contributed by atoms with Crippen LogP contribution in [-0.2, 0) is 4.74 Å². The molecule has 7 heteroatoms. The number of carbonyl (C=O) groups is 1. The van der Waals surface area contributed by atoms with Gasteiger partial charge >= 0.3 is 5.97 Å². The van der Waals surface area contributed by atoms with Gasteiger partial charge in [-0.25, -0.2) is 9.25 Å². The van der Waals surface area contributed by atoms with Gasteiger partial charge in [-0.05, 0) is 34.2 Å². The minimum Gasteiger partial charge on any atom is -0.465 e. The van der Waals surface area contributed by atoms with E-state index in [0.717, 1.165) is 15.4 Å². The quantitative estimate of drug-likeness (QED) is 0.431. The summed E-state index contributed by atoms with van der Waals surface area (Å²) in [4.78, 5) is 11.5. The Morgan fingerprint density at radius 1 is 1.62 bits per heavy atom. The van der Waals surface area contributed by atoms with Crippen molar-refractivity contribution in [2.75, 3.05) is 7.11 Å². The number of benzene rings is 1. The van der Waals surface area contributed by atoms with Gasteiger partial charge in [0.2, 0.25) is 0 Å². The lowest BCUT2D eigenvalue weighted by molar-refractivity contribution is 0.0601. The Bertz CT molecular complexity index is 558. The first-order chi connectivity index (χ1) is 7.67. The van der Waals surface area contributed by atoms with Crippen LogP contribution >= 0.6 is 44.3 Å². The van der Waals surface area contributed by atoms with Crippen molar-refractivity contribution < 1.29 is 9.53 Å². The summed E-state index contributed by atoms with van der Waals surface area (Å²) in [5.41, 5.74) is 1.46. The van der Waals surface area contributed by atoms with E-state index >= 15 is 0 Å². The average Bonchev–Trinajstić information content (AvgIpc) is 2.71. The molecule has 1 heterocycles. The zero-order chi connectivity index (χ0) is 11.7. The first-order valence-electron chi connectivity index (χ1n) is 4.29. The third kappa shape index (κ3) is 2.10. The smallest absolute Gasteiger partial charge is 0.337 e. The lowest BCUT2D eigenvalue weighted by Gasteiger charge is -2.03. The van der Waals surface area contributed by atoms with Crippen LogP contribution in [0.4, 0.5) is 0 Å². The SMILES string of the molecule is COC(=O)c1cc(Br)c2cnn(PI)c2c1. The van der Waals surface area contributed by atoms with Crippen molar-refractivity contribution in [3.63, 3.8) is 0 Å². The van der Waals surface area contributed by atoms with E-state index in [-0.39, 0.29) is 5.97 Å². The maximum absolute atomic E-state index is 11.5. The molecule has 0 saturated heterocycles. The van der Waals surface area contributed by atoms with Gasteiger partial charge in [0.15, 0.2) is 0 Å². The number of esters is 1. The molecule has 0 aliphatic carbocycles. The summed E-state index contributed by atoms with van der Waals surface area (Å²) >= 11 is 5.67. The van der Waals surface area contributed by atoms with Gasteiger partial charge in [-0.3, -0.25) is 0 Å². The molecule has 0 N–H and O–H groups in total. The molecule has 84 valence electrons. The van der Waals surface area contributed by atoms with Crippen molar-refractivity contribution in [1.82, 2.24) is 9.55 Å². The van der Waals surface area contributed by atoms with Crippen molar-refractivity contribution in [3.05, 3.63) is 28.4 Å². The number of carbonyl (C=O) groups excluding carboxylic acids is 1. The largest absolute Gasteiger partial charge is 0.465 e. The fourth-order valence-electron chi connectivity index (χ4n) is 1.39. The minimum absolute atomic E-state index is 0.341. The van der Waals surface area contributed by atoms with Crippen LogP contribution in [0.15, 0.2) is 22.8 Å². The van der Waals surface area contributed by atoms with Crippen LogP contribution in [0.25, 0.3) is 10.9 Å². The zero-order valence-corrected chi connectivity index (χ0v) is 12.9. The number of hydrogen-bond acceptors (Lipinski definition) is 3. The molecular formula is C9H7BrIN2O2P. The molecule has 2 rings (SSSR count). The molecule has 1 unspecified atom stereocenters. The van der Waals surface area contributed by atoms with E-state index in [1.54, 1.807) is 18.3 Å². The summed E-state index contributed by atoms with van der Waals surface area (Å²) in [6.07, 6.45) is 2.28. The minimum atomic E-state index is -0.341. The molecule has 2 aromatic rings. The Hall–Kier alpha value is -0.200. The number of ether oxygens (including phenoxy) is 1. The third-order valence-electron chi connectivity index (χ3n) is 2.14. The number of methoxy groups -OCH3 is 1. The molecule has 0 saturated carbocycles. The van der Waals surface area contributed by atoms with Gasteiger partial charge in [0, 0.05) is 9.86 Å². The fraction of sp³-hybridized carbons (Fsp3) is 0.111. The number of fused-ring (bicyclic) bond motifs is 1. The van der Waals surface area contributed by atoms with Crippen LogP contribution in [0.2, 0.25) is 0 Å². The van der Waals surface area contributed by atoms with E-state index in [1.165, 1.54) is 7.11 Å². The molecule has 0 spiro atoms. The van der Waals surface area contributed by atoms with Crippen LogP contribution in [-0.4, -0.2) is 22.6 Å². The highest BCUT2D eigenvalue weighted by Crippen LogP contribution is 2.32. The first kappa shape index (κ1) is 12.3. The van der Waals surface area contributed by atoms with E-state index in [0.29, 0.717) is 11.9 Å². The van der Waals surface area contributed by atoms with E-state index < -0.39 is 0 Å². The van der Waals surface area contributed by atoms with Crippen LogP contribution in [0.5, 0.6) is 0 Å². The van der Waals surface area contributed by atoms with Crippen molar-refractivity contribution in [2.24, 2.45) is 0 Å². The van der Waals surface area contributed by atoms with Crippen LogP contribution in [0, 0.1) is 0 Å². The monoisotopic (exact) mass is 412 g/mol. The molecule has 1 aromatic heterocycles. The molecule has 0 radical (unpaired) electrons. The van der Waals surface area contributed by atoms with Gasteiger partial charge in [-0.1, -0.05) is 15.9 Å². The van der Waals surface area contributed by atoms with Gasteiger partial charge in [-0.15, -0.1) is 0 Å². The van der Waals surface area contributed by atoms with Crippen LogP contribution in [0.1, 0.15) is 10.4 Å². The number of halogens is 2. The lowest BCUT2D eigenvalue weighted by Crippen LogP contribution is -2.01. The Kier molecular flexibility index (Phi) is 3.81. The maximum Gasteiger partial charge on any atom is 0.337 e. The van der Waals surface area contributed by atoms with Crippen molar-refractivity contribution in [3.8, 4) is 0 Å². The second kappa shape index (κ2) is 4.98. The Balaban J connectivity index is 2.68. The maximum atomic E-state index is 11.5. The lowest BCUT2D eigenvalue weighted by atomic mass is 10.2. The summed E-state index contributed by atoms with van der Waals surface area (Å²) in [7, 11) is 1.37. The molecule has 0 bridgehead atoms. The van der Waals surface area contributed by atoms with Gasteiger partial charge in [0.1, 0.15) is 0 Å². The first-order valence-corrected chi connectivity index (χ1v) is 9.15. The number of hydrogen-bond donors (Lipinski definition) is 0. The van der Waals surface area contributed by atoms with Gasteiger partial charge in [-0.2, -0.15) is 5.10 Å². The molecule has 0 fully saturated rings. The molecule has 1 aromatic carbocycles. The summed E-state index contributed by atoms with van der Waals surface area (Å²) in [5.74, 6) is -0.341. The highest BCUT2D eigenvalue weighted by molar-refractivity contribution is 14.2. The molecule has 4 nitrogen and oxygen atoms in total. The number of rotatable bonds is 2. The molecule has 1 atom stereocenters. The second-order valence-corrected chi connectivity index (χ2v) is 5.92. The van der Waals surface area contributed by atoms with Gasteiger partial charge < -0.3 is 4.74 Å². The molecular weight excluding hydrogens is 406 g/mol. The topological polar surface area (TPSA) is 44.1 Å². The third-order valence-corrected chi connectivity index (χ3v) is 4.68. The van der Waals surface area contributed by atoms with E-state index in [2.05, 4.69) is 43.1 Å². The normalized spacial score (nSPS) is 11.4. The summed E-state index contributed by atoms with van der Waals surface area (Å²) in [5, 5.41) is 5.24. The number of aromatic nitrogens is 2. The molecule has 0 aliphatic rings. The Morgan fingerprint density at radius 2 is 2.38 bits per heavy atom. The Morgan fingerprint density at radius 3 is 3.00 bits per heavy atom. The van der Waals surface area contributed by atoms with E-state index in [9.17, 15) is 4.79 Å². The standard InChI is InChI=1S/C9H7BrIN2O2P/c1-15-9(14)5-2-7(10)6-4-12-13(16-11)8(6)3-5/h2-4,16H,1H3. The average molecular weight is 413 g/mol. The summed E-state index contributed by atoms with van der Waals surface area (Å²) in [6.45, 7) is 0. The highest BCUT2D eigenvalue weighted by atomic mass is 127. The van der Waals surface area contributed by atoms with Crippen LogP contribution < -0.4 is 0 Å². The molecule has 16 heavy (non-hydrogen) atoms. The molecule has 0 amide bonds. The summed E-state index contributed by atoms with van der Waals surface area (Å²) in [6, 6.07) is 3.54. The zero-order valence-electron chi connectivity index (χ0n) is 8.20. The van der Waals surface area contributed by atoms with E-state index in [1.807, 2.05) is 4.45 Å². The summed E-state index contributed by atoms with van der Waals surface area (Å²) < 4.78 is 7.41. The van der Waals surface area contributed by atoms with Crippen LogP contribution in [0.3, 0.4) is 0 Å². The highest BCUT2D eigenvalue weighted by Gasteiger charge is 2.12. The Labute approximate surface area is 115 Å². The number of nitrogens with zero attached hydrogens (tertiary/aromatic N) is 2. The van der Waals surface area contributed by atoms with Crippen molar-refractivity contribution >= 4 is 61.2 Å². The van der Waals surface area contributed by atoms with Gasteiger partial charge in [0.25, 0.3) is 0 Å². The molecule has 0 aliphatic heterocycles.